The number of carbonyl (C=O) groups excluding carboxylic acids is 2. The van der Waals surface area contributed by atoms with Crippen LogP contribution in [0, 0.1) is 13.8 Å². The molecule has 0 amide bonds. The largest absolute Gasteiger partial charge is 0.465 e. The Bertz CT molecular complexity index is 435. The van der Waals surface area contributed by atoms with Crippen molar-refractivity contribution < 1.29 is 19.1 Å². The van der Waals surface area contributed by atoms with Gasteiger partial charge in [0.1, 0.15) is 5.75 Å². The van der Waals surface area contributed by atoms with E-state index >= 15 is 0 Å². The Hall–Kier alpha value is -1.84. The highest BCUT2D eigenvalue weighted by atomic mass is 16.5. The van der Waals surface area contributed by atoms with Crippen LogP contribution in [0.15, 0.2) is 12.1 Å². The third kappa shape index (κ3) is 2.39. The van der Waals surface area contributed by atoms with Gasteiger partial charge in [-0.25, -0.2) is 4.79 Å². The Morgan fingerprint density at radius 1 is 1.12 bits per heavy atom. The number of ether oxygens (including phenoxy) is 2. The van der Waals surface area contributed by atoms with Gasteiger partial charge in [0.2, 0.25) is 0 Å². The van der Waals surface area contributed by atoms with Crippen LogP contribution in [0.4, 0.5) is 0 Å². The number of hydrogen-bond donors (Lipinski definition) is 0. The molecule has 0 aromatic heterocycles. The van der Waals surface area contributed by atoms with Crippen LogP contribution in [0.5, 0.6) is 5.75 Å². The maximum atomic E-state index is 11.4. The molecule has 1 aromatic rings. The molecular formula is C12H14O4. The number of methoxy groups -OCH3 is 1. The molecular weight excluding hydrogens is 208 g/mol. The number of rotatable bonds is 2. The van der Waals surface area contributed by atoms with E-state index < -0.39 is 5.97 Å². The van der Waals surface area contributed by atoms with Gasteiger partial charge in [0.15, 0.2) is 0 Å². The Balaban J connectivity index is 3.17. The minimum Gasteiger partial charge on any atom is -0.465 e. The van der Waals surface area contributed by atoms with Gasteiger partial charge in [-0.05, 0) is 37.1 Å². The first-order valence-corrected chi connectivity index (χ1v) is 4.84. The molecule has 0 unspecified atom stereocenters. The van der Waals surface area contributed by atoms with Crippen molar-refractivity contribution in [2.45, 2.75) is 20.8 Å². The van der Waals surface area contributed by atoms with Gasteiger partial charge in [0.05, 0.1) is 12.7 Å². The third-order valence-corrected chi connectivity index (χ3v) is 2.40. The maximum Gasteiger partial charge on any atom is 0.338 e. The molecule has 0 saturated heterocycles. The molecule has 0 radical (unpaired) electrons. The van der Waals surface area contributed by atoms with Crippen molar-refractivity contribution in [3.05, 3.63) is 28.8 Å². The van der Waals surface area contributed by atoms with E-state index in [1.807, 2.05) is 0 Å². The van der Waals surface area contributed by atoms with Crippen molar-refractivity contribution >= 4 is 11.9 Å². The molecule has 0 atom stereocenters. The second kappa shape index (κ2) is 4.79. The van der Waals surface area contributed by atoms with Crippen molar-refractivity contribution in [3.8, 4) is 5.75 Å². The predicted octanol–water partition coefficient (Wildman–Crippen LogP) is 2.02. The van der Waals surface area contributed by atoms with Crippen molar-refractivity contribution in [2.75, 3.05) is 7.11 Å². The van der Waals surface area contributed by atoms with E-state index in [2.05, 4.69) is 4.74 Å². The van der Waals surface area contributed by atoms with E-state index in [1.54, 1.807) is 26.0 Å². The quantitative estimate of drug-likeness (QED) is 0.567. The smallest absolute Gasteiger partial charge is 0.338 e. The standard InChI is InChI=1S/C12H14O4/c1-7-8(2)11(16-9(3)13)6-5-10(7)12(14)15-4/h5-6H,1-4H3. The van der Waals surface area contributed by atoms with Gasteiger partial charge in [-0.3, -0.25) is 4.79 Å². The van der Waals surface area contributed by atoms with Crippen LogP contribution in [-0.4, -0.2) is 19.0 Å². The second-order valence-electron chi connectivity index (χ2n) is 3.45. The highest BCUT2D eigenvalue weighted by Crippen LogP contribution is 2.24. The van der Waals surface area contributed by atoms with E-state index in [0.717, 1.165) is 11.1 Å². The zero-order valence-corrected chi connectivity index (χ0v) is 9.79. The first-order valence-electron chi connectivity index (χ1n) is 4.84. The molecule has 86 valence electrons. The summed E-state index contributed by atoms with van der Waals surface area (Å²) in [4.78, 5) is 22.2. The highest BCUT2D eigenvalue weighted by molar-refractivity contribution is 5.91. The normalized spacial score (nSPS) is 9.75. The van der Waals surface area contributed by atoms with Crippen LogP contribution in [0.1, 0.15) is 28.4 Å². The molecule has 1 aromatic carbocycles. The molecule has 0 spiro atoms. The lowest BCUT2D eigenvalue weighted by Crippen LogP contribution is -2.08. The Morgan fingerprint density at radius 2 is 1.75 bits per heavy atom. The lowest BCUT2D eigenvalue weighted by molar-refractivity contribution is -0.131. The van der Waals surface area contributed by atoms with Gasteiger partial charge in [0, 0.05) is 6.92 Å². The average molecular weight is 222 g/mol. The molecule has 0 aliphatic carbocycles. The van der Waals surface area contributed by atoms with Gasteiger partial charge in [-0.2, -0.15) is 0 Å². The summed E-state index contributed by atoms with van der Waals surface area (Å²) >= 11 is 0. The molecule has 0 aliphatic rings. The molecule has 0 N–H and O–H groups in total. The Kier molecular flexibility index (Phi) is 3.66. The predicted molar refractivity (Wildman–Crippen MR) is 58.6 cm³/mol. The molecule has 4 nitrogen and oxygen atoms in total. The summed E-state index contributed by atoms with van der Waals surface area (Å²) in [7, 11) is 1.33. The fourth-order valence-corrected chi connectivity index (χ4v) is 1.39. The molecule has 0 heterocycles. The minimum atomic E-state index is -0.394. The number of hydrogen-bond acceptors (Lipinski definition) is 4. The zero-order valence-electron chi connectivity index (χ0n) is 9.79. The van der Waals surface area contributed by atoms with Gasteiger partial charge in [-0.15, -0.1) is 0 Å². The van der Waals surface area contributed by atoms with Crippen molar-refractivity contribution in [3.63, 3.8) is 0 Å². The number of carbonyl (C=O) groups is 2. The van der Waals surface area contributed by atoms with Gasteiger partial charge >= 0.3 is 11.9 Å². The van der Waals surface area contributed by atoms with E-state index in [9.17, 15) is 9.59 Å². The molecule has 0 aliphatic heterocycles. The fourth-order valence-electron chi connectivity index (χ4n) is 1.39. The summed E-state index contributed by atoms with van der Waals surface area (Å²) in [6.45, 7) is 4.91. The van der Waals surface area contributed by atoms with Crippen LogP contribution in [-0.2, 0) is 9.53 Å². The van der Waals surface area contributed by atoms with E-state index in [4.69, 9.17) is 4.74 Å². The monoisotopic (exact) mass is 222 g/mol. The van der Waals surface area contributed by atoms with Crippen LogP contribution in [0.3, 0.4) is 0 Å². The topological polar surface area (TPSA) is 52.6 Å². The maximum absolute atomic E-state index is 11.4. The van der Waals surface area contributed by atoms with E-state index in [1.165, 1.54) is 14.0 Å². The zero-order chi connectivity index (χ0) is 12.3. The van der Waals surface area contributed by atoms with Crippen LogP contribution < -0.4 is 4.74 Å². The van der Waals surface area contributed by atoms with Gasteiger partial charge in [0.25, 0.3) is 0 Å². The summed E-state index contributed by atoms with van der Waals surface area (Å²) in [6.07, 6.45) is 0. The van der Waals surface area contributed by atoms with Crippen LogP contribution in [0.2, 0.25) is 0 Å². The lowest BCUT2D eigenvalue weighted by atomic mass is 10.0. The number of esters is 2. The molecule has 0 bridgehead atoms. The molecule has 1 rings (SSSR count). The van der Waals surface area contributed by atoms with E-state index in [-0.39, 0.29) is 5.97 Å². The molecule has 0 fully saturated rings. The molecule has 0 saturated carbocycles. The fraction of sp³-hybridized carbons (Fsp3) is 0.333. The van der Waals surface area contributed by atoms with Gasteiger partial charge in [-0.1, -0.05) is 0 Å². The second-order valence-corrected chi connectivity index (χ2v) is 3.45. The Morgan fingerprint density at radius 3 is 2.25 bits per heavy atom. The summed E-state index contributed by atoms with van der Waals surface area (Å²) in [5.74, 6) is -0.305. The van der Waals surface area contributed by atoms with Gasteiger partial charge < -0.3 is 9.47 Å². The summed E-state index contributed by atoms with van der Waals surface area (Å²) in [6, 6.07) is 3.18. The number of benzene rings is 1. The Labute approximate surface area is 94.2 Å². The minimum absolute atomic E-state index is 0.381. The first-order chi connectivity index (χ1) is 7.47. The van der Waals surface area contributed by atoms with Crippen molar-refractivity contribution in [1.82, 2.24) is 0 Å². The van der Waals surface area contributed by atoms with Crippen molar-refractivity contribution in [2.24, 2.45) is 0 Å². The summed E-state index contributed by atoms with van der Waals surface area (Å²) in [5, 5.41) is 0. The summed E-state index contributed by atoms with van der Waals surface area (Å²) < 4.78 is 9.65. The third-order valence-electron chi connectivity index (χ3n) is 2.40. The average Bonchev–Trinajstić information content (AvgIpc) is 2.23. The summed E-state index contributed by atoms with van der Waals surface area (Å²) in [5.41, 5.74) is 2.00. The van der Waals surface area contributed by atoms with Crippen molar-refractivity contribution in [1.29, 1.82) is 0 Å². The lowest BCUT2D eigenvalue weighted by Gasteiger charge is -2.11. The van der Waals surface area contributed by atoms with E-state index in [0.29, 0.717) is 11.3 Å². The van der Waals surface area contributed by atoms with Crippen LogP contribution >= 0.6 is 0 Å². The molecule has 4 heteroatoms. The SMILES string of the molecule is COC(=O)c1ccc(OC(C)=O)c(C)c1C. The first kappa shape index (κ1) is 12.2. The molecule has 16 heavy (non-hydrogen) atoms. The van der Waals surface area contributed by atoms with Crippen LogP contribution in [0.25, 0.3) is 0 Å². The highest BCUT2D eigenvalue weighted by Gasteiger charge is 2.14.